The summed E-state index contributed by atoms with van der Waals surface area (Å²) in [6.45, 7) is 1.42. The Kier molecular flexibility index (Phi) is 6.12. The highest BCUT2D eigenvalue weighted by molar-refractivity contribution is 9.09. The number of ketones is 2. The first-order chi connectivity index (χ1) is 10.0. The molecule has 21 heavy (non-hydrogen) atoms. The molecule has 6 nitrogen and oxygen atoms in total. The summed E-state index contributed by atoms with van der Waals surface area (Å²) in [4.78, 5) is 21.5. The third kappa shape index (κ3) is 4.75. The van der Waals surface area contributed by atoms with Crippen molar-refractivity contribution in [1.82, 2.24) is 0 Å². The van der Waals surface area contributed by atoms with Crippen molar-refractivity contribution in [1.29, 1.82) is 10.5 Å². The van der Waals surface area contributed by atoms with Crippen molar-refractivity contribution >= 4 is 27.5 Å². The van der Waals surface area contributed by atoms with E-state index < -0.39 is 0 Å². The molecule has 0 aliphatic heterocycles. The molecule has 0 fully saturated rings. The summed E-state index contributed by atoms with van der Waals surface area (Å²) in [6.07, 6.45) is 2.56. The molecular formula is C14H9BrN2O4. The van der Waals surface area contributed by atoms with E-state index in [0.29, 0.717) is 11.1 Å². The maximum atomic E-state index is 10.9. The molecule has 2 aromatic rings. The van der Waals surface area contributed by atoms with Gasteiger partial charge in [0.15, 0.2) is 11.6 Å². The van der Waals surface area contributed by atoms with Crippen molar-refractivity contribution in [3.63, 3.8) is 0 Å². The van der Waals surface area contributed by atoms with Gasteiger partial charge in [0.2, 0.25) is 11.5 Å². The van der Waals surface area contributed by atoms with E-state index in [1.165, 1.54) is 31.6 Å². The average Bonchev–Trinajstić information content (AvgIpc) is 3.15. The first kappa shape index (κ1) is 16.4. The van der Waals surface area contributed by atoms with Gasteiger partial charge in [-0.1, -0.05) is 15.9 Å². The Labute approximate surface area is 128 Å². The van der Waals surface area contributed by atoms with Gasteiger partial charge in [-0.3, -0.25) is 9.59 Å². The van der Waals surface area contributed by atoms with Crippen molar-refractivity contribution in [3.05, 3.63) is 47.3 Å². The molecule has 0 aromatic carbocycles. The molecule has 0 bridgehead atoms. The number of carbonyl (C=O) groups is 2. The number of hydrogen-bond acceptors (Lipinski definition) is 6. The zero-order chi connectivity index (χ0) is 15.8. The zero-order valence-electron chi connectivity index (χ0n) is 10.9. The largest absolute Gasteiger partial charge is 0.453 e. The van der Waals surface area contributed by atoms with E-state index in [0.717, 1.165) is 0 Å². The molecule has 0 radical (unpaired) electrons. The highest BCUT2D eigenvalue weighted by Crippen LogP contribution is 2.08. The average molecular weight is 349 g/mol. The third-order valence-electron chi connectivity index (χ3n) is 2.27. The van der Waals surface area contributed by atoms with Gasteiger partial charge >= 0.3 is 0 Å². The van der Waals surface area contributed by atoms with Gasteiger partial charge < -0.3 is 8.83 Å². The molecule has 0 saturated carbocycles. The van der Waals surface area contributed by atoms with Crippen LogP contribution in [0, 0.1) is 22.7 Å². The van der Waals surface area contributed by atoms with Crippen molar-refractivity contribution in [2.45, 2.75) is 6.92 Å². The van der Waals surface area contributed by atoms with Crippen molar-refractivity contribution in [2.24, 2.45) is 0 Å². The van der Waals surface area contributed by atoms with Crippen LogP contribution in [0.5, 0.6) is 0 Å². The van der Waals surface area contributed by atoms with Crippen LogP contribution in [0.1, 0.15) is 39.2 Å². The molecule has 0 N–H and O–H groups in total. The topological polar surface area (TPSA) is 108 Å². The predicted octanol–water partition coefficient (Wildman–Crippen LogP) is 3.08. The second-order valence-electron chi connectivity index (χ2n) is 3.74. The maximum absolute atomic E-state index is 10.9. The van der Waals surface area contributed by atoms with Crippen LogP contribution in [-0.4, -0.2) is 16.9 Å². The van der Waals surface area contributed by atoms with Gasteiger partial charge in [-0.15, -0.1) is 0 Å². The molecule has 0 spiro atoms. The molecule has 0 aliphatic rings. The molecule has 2 rings (SSSR count). The first-order valence-electron chi connectivity index (χ1n) is 5.59. The second-order valence-corrected chi connectivity index (χ2v) is 4.30. The van der Waals surface area contributed by atoms with Crippen LogP contribution in [0.4, 0.5) is 0 Å². The van der Waals surface area contributed by atoms with Gasteiger partial charge in [0.25, 0.3) is 0 Å². The predicted molar refractivity (Wildman–Crippen MR) is 75.0 cm³/mol. The molecule has 106 valence electrons. The Morgan fingerprint density at radius 2 is 1.57 bits per heavy atom. The molecule has 0 amide bonds. The van der Waals surface area contributed by atoms with E-state index >= 15 is 0 Å². The summed E-state index contributed by atoms with van der Waals surface area (Å²) in [5.41, 5.74) is 0.870. The molecular weight excluding hydrogens is 340 g/mol. The second kappa shape index (κ2) is 7.83. The van der Waals surface area contributed by atoms with E-state index in [-0.39, 0.29) is 28.4 Å². The minimum absolute atomic E-state index is 0.0877. The summed E-state index contributed by atoms with van der Waals surface area (Å²) >= 11 is 3.01. The van der Waals surface area contributed by atoms with E-state index in [4.69, 9.17) is 19.4 Å². The summed E-state index contributed by atoms with van der Waals surface area (Å²) in [5.74, 6) is 0.153. The Morgan fingerprint density at radius 1 is 1.10 bits per heavy atom. The van der Waals surface area contributed by atoms with Gasteiger partial charge in [-0.25, -0.2) is 0 Å². The minimum atomic E-state index is -0.0924. The Balaban J connectivity index is 0.000000211. The summed E-state index contributed by atoms with van der Waals surface area (Å²) < 4.78 is 9.43. The summed E-state index contributed by atoms with van der Waals surface area (Å²) in [7, 11) is 0. The lowest BCUT2D eigenvalue weighted by Gasteiger charge is -1.84. The minimum Gasteiger partial charge on any atom is -0.453 e. The van der Waals surface area contributed by atoms with Crippen molar-refractivity contribution in [3.8, 4) is 12.1 Å². The standard InChI is InChI=1S/C7H4BrNO2.C7H5NO2/c8-2-7(10)5-1-6(3-9)11-4-5;1-5(9)6-2-7(3-8)10-4-6/h1,4H,2H2;2,4H,1H3. The first-order valence-corrected chi connectivity index (χ1v) is 6.71. The molecule has 2 heterocycles. The molecule has 0 saturated heterocycles. The Morgan fingerprint density at radius 3 is 1.90 bits per heavy atom. The molecule has 0 atom stereocenters. The number of hydrogen-bond donors (Lipinski definition) is 0. The van der Waals surface area contributed by atoms with Gasteiger partial charge in [0, 0.05) is 12.1 Å². The van der Waals surface area contributed by atoms with Crippen LogP contribution >= 0.6 is 15.9 Å². The van der Waals surface area contributed by atoms with E-state index in [1.54, 1.807) is 12.1 Å². The molecule has 7 heteroatoms. The lowest BCUT2D eigenvalue weighted by molar-refractivity contribution is 0.101. The monoisotopic (exact) mass is 348 g/mol. The van der Waals surface area contributed by atoms with E-state index in [2.05, 4.69) is 15.9 Å². The van der Waals surface area contributed by atoms with Gasteiger partial charge in [-0.2, -0.15) is 10.5 Å². The smallest absolute Gasteiger partial charge is 0.203 e. The number of furan rings is 2. The van der Waals surface area contributed by atoms with Crippen LogP contribution in [0.2, 0.25) is 0 Å². The maximum Gasteiger partial charge on any atom is 0.203 e. The van der Waals surface area contributed by atoms with Crippen LogP contribution in [0.25, 0.3) is 0 Å². The SMILES string of the molecule is CC(=O)c1coc(C#N)c1.N#Cc1cc(C(=O)CBr)co1. The number of rotatable bonds is 3. The fraction of sp³-hybridized carbons (Fsp3) is 0.143. The lowest BCUT2D eigenvalue weighted by Crippen LogP contribution is -1.96. The number of carbonyl (C=O) groups excluding carboxylic acids is 2. The number of alkyl halides is 1. The van der Waals surface area contributed by atoms with Crippen LogP contribution in [0.15, 0.2) is 33.5 Å². The Hall–Kier alpha value is -2.64. The highest BCUT2D eigenvalue weighted by Gasteiger charge is 2.07. The number of halogens is 1. The Bertz CT molecular complexity index is 731. The van der Waals surface area contributed by atoms with Crippen LogP contribution in [-0.2, 0) is 0 Å². The normalized spacial score (nSPS) is 8.95. The zero-order valence-corrected chi connectivity index (χ0v) is 12.5. The fourth-order valence-electron chi connectivity index (χ4n) is 1.20. The van der Waals surface area contributed by atoms with Gasteiger partial charge in [0.1, 0.15) is 24.7 Å². The van der Waals surface area contributed by atoms with Crippen LogP contribution < -0.4 is 0 Å². The van der Waals surface area contributed by atoms with Gasteiger partial charge in [-0.05, 0) is 6.92 Å². The molecule has 0 unspecified atom stereocenters. The summed E-state index contributed by atoms with van der Waals surface area (Å²) in [6, 6.07) is 6.41. The fourth-order valence-corrected chi connectivity index (χ4v) is 1.52. The summed E-state index contributed by atoms with van der Waals surface area (Å²) in [5, 5.41) is 16.9. The molecule has 0 aliphatic carbocycles. The van der Waals surface area contributed by atoms with E-state index in [1.807, 2.05) is 0 Å². The van der Waals surface area contributed by atoms with E-state index in [9.17, 15) is 9.59 Å². The third-order valence-corrected chi connectivity index (χ3v) is 2.78. The van der Waals surface area contributed by atoms with Gasteiger partial charge in [0.05, 0.1) is 16.5 Å². The van der Waals surface area contributed by atoms with Crippen molar-refractivity contribution < 1.29 is 18.4 Å². The lowest BCUT2D eigenvalue weighted by atomic mass is 10.2. The number of nitriles is 2. The number of Topliss-reactive ketones (excluding diaryl/α,β-unsaturated/α-hetero) is 2. The van der Waals surface area contributed by atoms with Crippen LogP contribution in [0.3, 0.4) is 0 Å². The highest BCUT2D eigenvalue weighted by atomic mass is 79.9. The number of nitrogens with zero attached hydrogens (tertiary/aromatic N) is 2. The quantitative estimate of drug-likeness (QED) is 0.622. The molecule has 2 aromatic heterocycles. The van der Waals surface area contributed by atoms with Crippen molar-refractivity contribution in [2.75, 3.05) is 5.33 Å².